The van der Waals surface area contributed by atoms with Gasteiger partial charge in [0.15, 0.2) is 6.10 Å². The van der Waals surface area contributed by atoms with Crippen LogP contribution in [0.3, 0.4) is 0 Å². The average Bonchev–Trinajstić information content (AvgIpc) is 2.93. The lowest BCUT2D eigenvalue weighted by Gasteiger charge is -2.28. The number of amides is 1. The zero-order valence-electron chi connectivity index (χ0n) is 11.8. The number of hydrogen-bond donors (Lipinski definition) is 2. The van der Waals surface area contributed by atoms with E-state index in [0.29, 0.717) is 11.5 Å². The number of likely N-dealkylation sites (N-methyl/N-ethyl adjacent to an activating group) is 1. The number of carbonyl (C=O) groups excluding carboxylic acids is 1. The van der Waals surface area contributed by atoms with Crippen LogP contribution < -0.4 is 9.80 Å². The number of hydrogen-bond acceptors (Lipinski definition) is 4. The summed E-state index contributed by atoms with van der Waals surface area (Å²) in [5, 5.41) is 19.4. The number of carbonyl (C=O) groups is 1. The van der Waals surface area contributed by atoms with Gasteiger partial charge in [-0.1, -0.05) is 13.0 Å². The van der Waals surface area contributed by atoms with Crippen molar-refractivity contribution in [1.29, 1.82) is 0 Å². The van der Waals surface area contributed by atoms with Gasteiger partial charge < -0.3 is 20.0 Å². The highest BCUT2D eigenvalue weighted by Crippen LogP contribution is 2.39. The van der Waals surface area contributed by atoms with E-state index in [9.17, 15) is 15.0 Å². The Morgan fingerprint density at radius 2 is 2.15 bits per heavy atom. The third-order valence-corrected chi connectivity index (χ3v) is 4.64. The van der Waals surface area contributed by atoms with Crippen molar-refractivity contribution < 1.29 is 15.0 Å². The normalized spacial score (nSPS) is 29.2. The molecule has 2 heterocycles. The lowest BCUT2D eigenvalue weighted by molar-refractivity contribution is -0.125. The molecule has 1 saturated heterocycles. The molecule has 5 nitrogen and oxygen atoms in total. The predicted octanol–water partition coefficient (Wildman–Crippen LogP) is 0.903. The number of fused-ring (bicyclic) bond motifs is 1. The maximum absolute atomic E-state index is 11.8. The molecule has 20 heavy (non-hydrogen) atoms. The first-order valence-corrected chi connectivity index (χ1v) is 7.01. The Bertz CT molecular complexity index is 546. The molecule has 108 valence electrons. The highest BCUT2D eigenvalue weighted by atomic mass is 16.3. The van der Waals surface area contributed by atoms with Crippen molar-refractivity contribution >= 4 is 17.3 Å². The van der Waals surface area contributed by atoms with E-state index < -0.39 is 6.10 Å². The predicted molar refractivity (Wildman–Crippen MR) is 76.8 cm³/mol. The molecule has 1 fully saturated rings. The molecule has 1 aromatic carbocycles. The SMILES string of the molecule is CC1CCN(c2ccc3c(c2)N(C)C(=O)C3O)C1CO. The number of benzene rings is 1. The number of aliphatic hydroxyl groups is 2. The summed E-state index contributed by atoms with van der Waals surface area (Å²) < 4.78 is 0. The van der Waals surface area contributed by atoms with E-state index in [0.717, 1.165) is 24.3 Å². The van der Waals surface area contributed by atoms with E-state index in [1.54, 1.807) is 7.05 Å². The van der Waals surface area contributed by atoms with E-state index in [1.807, 2.05) is 18.2 Å². The standard InChI is InChI=1S/C15H20N2O3/c1-9-5-6-17(13(9)8-18)10-3-4-11-12(7-10)16(2)15(20)14(11)19/h3-4,7,9,13-14,18-19H,5-6,8H2,1-2H3. The van der Waals surface area contributed by atoms with Crippen LogP contribution in [0, 0.1) is 5.92 Å². The van der Waals surface area contributed by atoms with Crippen LogP contribution >= 0.6 is 0 Å². The molecule has 5 heteroatoms. The molecule has 2 aliphatic heterocycles. The smallest absolute Gasteiger partial charge is 0.260 e. The van der Waals surface area contributed by atoms with Crippen molar-refractivity contribution in [3.05, 3.63) is 23.8 Å². The summed E-state index contributed by atoms with van der Waals surface area (Å²) in [6.07, 6.45) is 0.00914. The molecule has 0 aromatic heterocycles. The minimum Gasteiger partial charge on any atom is -0.394 e. The van der Waals surface area contributed by atoms with Crippen molar-refractivity contribution in [1.82, 2.24) is 0 Å². The van der Waals surface area contributed by atoms with Crippen molar-refractivity contribution in [2.45, 2.75) is 25.5 Å². The molecule has 0 saturated carbocycles. The Balaban J connectivity index is 1.96. The van der Waals surface area contributed by atoms with Gasteiger partial charge in [-0.05, 0) is 24.5 Å². The molecular weight excluding hydrogens is 256 g/mol. The summed E-state index contributed by atoms with van der Waals surface area (Å²) in [6, 6.07) is 5.80. The molecule has 2 aliphatic rings. The molecule has 2 N–H and O–H groups in total. The van der Waals surface area contributed by atoms with Gasteiger partial charge in [-0.2, -0.15) is 0 Å². The Morgan fingerprint density at radius 3 is 2.85 bits per heavy atom. The largest absolute Gasteiger partial charge is 0.394 e. The quantitative estimate of drug-likeness (QED) is 0.842. The van der Waals surface area contributed by atoms with Crippen molar-refractivity contribution in [3.8, 4) is 0 Å². The van der Waals surface area contributed by atoms with Gasteiger partial charge in [-0.15, -0.1) is 0 Å². The van der Waals surface area contributed by atoms with E-state index >= 15 is 0 Å². The van der Waals surface area contributed by atoms with Crippen LogP contribution in [0.25, 0.3) is 0 Å². The van der Waals surface area contributed by atoms with Gasteiger partial charge in [0.25, 0.3) is 5.91 Å². The van der Waals surface area contributed by atoms with E-state index in [1.165, 1.54) is 4.90 Å². The summed E-state index contributed by atoms with van der Waals surface area (Å²) >= 11 is 0. The van der Waals surface area contributed by atoms with Gasteiger partial charge in [-0.25, -0.2) is 0 Å². The fraction of sp³-hybridized carbons (Fsp3) is 0.533. The Labute approximate surface area is 118 Å². The Morgan fingerprint density at radius 1 is 1.40 bits per heavy atom. The minimum atomic E-state index is -1.05. The Kier molecular flexibility index (Phi) is 3.18. The first-order chi connectivity index (χ1) is 9.54. The zero-order valence-corrected chi connectivity index (χ0v) is 11.8. The highest BCUT2D eigenvalue weighted by molar-refractivity contribution is 6.03. The van der Waals surface area contributed by atoms with Gasteiger partial charge in [0.1, 0.15) is 0 Å². The van der Waals surface area contributed by atoms with Crippen molar-refractivity contribution in [3.63, 3.8) is 0 Å². The van der Waals surface area contributed by atoms with Crippen LogP contribution in [0.4, 0.5) is 11.4 Å². The first-order valence-electron chi connectivity index (χ1n) is 7.01. The monoisotopic (exact) mass is 276 g/mol. The second-order valence-electron chi connectivity index (χ2n) is 5.75. The van der Waals surface area contributed by atoms with E-state index in [2.05, 4.69) is 11.8 Å². The topological polar surface area (TPSA) is 64.0 Å². The van der Waals surface area contributed by atoms with Crippen LogP contribution in [0.5, 0.6) is 0 Å². The van der Waals surface area contributed by atoms with Gasteiger partial charge in [0.2, 0.25) is 0 Å². The minimum absolute atomic E-state index is 0.125. The molecule has 0 bridgehead atoms. The van der Waals surface area contributed by atoms with Crippen LogP contribution in [-0.4, -0.2) is 42.4 Å². The lowest BCUT2D eigenvalue weighted by Crippen LogP contribution is -2.35. The van der Waals surface area contributed by atoms with Gasteiger partial charge in [0, 0.05) is 24.8 Å². The van der Waals surface area contributed by atoms with Crippen LogP contribution in [-0.2, 0) is 4.79 Å². The molecule has 3 unspecified atom stereocenters. The third-order valence-electron chi connectivity index (χ3n) is 4.64. The Hall–Kier alpha value is -1.59. The second-order valence-corrected chi connectivity index (χ2v) is 5.75. The van der Waals surface area contributed by atoms with Crippen LogP contribution in [0.2, 0.25) is 0 Å². The molecule has 3 rings (SSSR count). The van der Waals surface area contributed by atoms with Gasteiger partial charge in [-0.3, -0.25) is 4.79 Å². The molecule has 3 atom stereocenters. The summed E-state index contributed by atoms with van der Waals surface area (Å²) in [5.41, 5.74) is 2.42. The summed E-state index contributed by atoms with van der Waals surface area (Å²) in [5.74, 6) is 0.170. The summed E-state index contributed by atoms with van der Waals surface area (Å²) in [7, 11) is 1.68. The van der Waals surface area contributed by atoms with Crippen molar-refractivity contribution in [2.24, 2.45) is 5.92 Å². The zero-order chi connectivity index (χ0) is 14.4. The number of anilines is 2. The average molecular weight is 276 g/mol. The highest BCUT2D eigenvalue weighted by Gasteiger charge is 2.36. The number of rotatable bonds is 2. The number of aliphatic hydroxyl groups excluding tert-OH is 2. The van der Waals surface area contributed by atoms with Crippen LogP contribution in [0.15, 0.2) is 18.2 Å². The van der Waals surface area contributed by atoms with Crippen molar-refractivity contribution in [2.75, 3.05) is 30.0 Å². The molecule has 1 amide bonds. The van der Waals surface area contributed by atoms with Gasteiger partial charge >= 0.3 is 0 Å². The summed E-state index contributed by atoms with van der Waals surface area (Å²) in [6.45, 7) is 3.19. The van der Waals surface area contributed by atoms with E-state index in [4.69, 9.17) is 0 Å². The first kappa shape index (κ1) is 13.4. The van der Waals surface area contributed by atoms with E-state index in [-0.39, 0.29) is 18.6 Å². The summed E-state index contributed by atoms with van der Waals surface area (Å²) in [4.78, 5) is 15.5. The fourth-order valence-corrected chi connectivity index (χ4v) is 3.27. The molecule has 1 aromatic rings. The fourth-order valence-electron chi connectivity index (χ4n) is 3.27. The molecule has 0 aliphatic carbocycles. The molecular formula is C15H20N2O3. The number of nitrogens with zero attached hydrogens (tertiary/aromatic N) is 2. The molecule has 0 spiro atoms. The molecule has 0 radical (unpaired) electrons. The van der Waals surface area contributed by atoms with Gasteiger partial charge in [0.05, 0.1) is 18.3 Å². The maximum Gasteiger partial charge on any atom is 0.260 e. The maximum atomic E-state index is 11.8. The lowest BCUT2D eigenvalue weighted by atomic mass is 10.0. The van der Waals surface area contributed by atoms with Crippen LogP contribution in [0.1, 0.15) is 25.0 Å². The third kappa shape index (κ3) is 1.81. The second kappa shape index (κ2) is 4.75.